The van der Waals surface area contributed by atoms with Crippen LogP contribution in [-0.2, 0) is 6.18 Å². The third-order valence-electron chi connectivity index (χ3n) is 2.29. The lowest BCUT2D eigenvalue weighted by Crippen LogP contribution is -2.07. The number of benzene rings is 1. The fourth-order valence-electron chi connectivity index (χ4n) is 1.33. The summed E-state index contributed by atoms with van der Waals surface area (Å²) in [6.07, 6.45) is -4.62. The highest BCUT2D eigenvalue weighted by Crippen LogP contribution is 2.30. The summed E-state index contributed by atoms with van der Waals surface area (Å²) in [4.78, 5) is 3.30. The van der Waals surface area contributed by atoms with Gasteiger partial charge in [0.2, 0.25) is 0 Å². The normalized spacial score (nSPS) is 11.8. The smallest absolute Gasteiger partial charge is 0.398 e. The molecule has 0 saturated heterocycles. The van der Waals surface area contributed by atoms with Gasteiger partial charge in [-0.15, -0.1) is 0 Å². The van der Waals surface area contributed by atoms with Gasteiger partial charge in [0.25, 0.3) is 11.7 Å². The number of halogens is 3. The third kappa shape index (κ3) is 2.08. The maximum absolute atomic E-state index is 12.3. The molecule has 0 aliphatic carbocycles. The van der Waals surface area contributed by atoms with E-state index in [2.05, 4.69) is 14.7 Å². The summed E-state index contributed by atoms with van der Waals surface area (Å²) in [7, 11) is 0. The number of anilines is 1. The molecule has 1 aromatic heterocycles. The molecule has 0 fully saturated rings. The number of nitrogens with two attached hydrogens (primary N) is 1. The first-order valence-corrected chi connectivity index (χ1v) is 4.66. The van der Waals surface area contributed by atoms with E-state index in [4.69, 9.17) is 5.73 Å². The first-order chi connectivity index (χ1) is 7.89. The van der Waals surface area contributed by atoms with E-state index < -0.39 is 12.0 Å². The van der Waals surface area contributed by atoms with Crippen LogP contribution in [0.25, 0.3) is 11.5 Å². The van der Waals surface area contributed by atoms with Gasteiger partial charge >= 0.3 is 6.18 Å². The number of hydrogen-bond donors (Lipinski definition) is 1. The largest absolute Gasteiger partial charge is 0.455 e. The van der Waals surface area contributed by atoms with Crippen molar-refractivity contribution in [3.8, 4) is 11.5 Å². The van der Waals surface area contributed by atoms with Crippen LogP contribution in [0.3, 0.4) is 0 Å². The number of alkyl halides is 3. The molecule has 17 heavy (non-hydrogen) atoms. The van der Waals surface area contributed by atoms with Gasteiger partial charge in [0, 0.05) is 11.3 Å². The summed E-state index contributed by atoms with van der Waals surface area (Å²) >= 11 is 0. The van der Waals surface area contributed by atoms with Gasteiger partial charge in [0.15, 0.2) is 0 Å². The Labute approximate surface area is 94.2 Å². The number of nitrogen functional groups attached to an aromatic ring is 1. The average Bonchev–Trinajstić information content (AvgIpc) is 2.70. The summed E-state index contributed by atoms with van der Waals surface area (Å²) in [5.74, 6) is -1.49. The third-order valence-corrected chi connectivity index (χ3v) is 2.29. The summed E-state index contributed by atoms with van der Waals surface area (Å²) in [6.45, 7) is 1.67. The molecule has 0 bridgehead atoms. The minimum Gasteiger partial charge on any atom is -0.398 e. The Morgan fingerprint density at radius 3 is 2.59 bits per heavy atom. The van der Waals surface area contributed by atoms with Crippen LogP contribution in [0.4, 0.5) is 18.9 Å². The van der Waals surface area contributed by atoms with E-state index in [0.717, 1.165) is 0 Å². The second-order valence-electron chi connectivity index (χ2n) is 3.44. The Bertz CT molecular complexity index is 548. The van der Waals surface area contributed by atoms with Crippen LogP contribution in [0.1, 0.15) is 11.4 Å². The van der Waals surface area contributed by atoms with Gasteiger partial charge in [-0.3, -0.25) is 0 Å². The van der Waals surface area contributed by atoms with E-state index in [9.17, 15) is 13.2 Å². The maximum atomic E-state index is 12.3. The predicted molar refractivity (Wildman–Crippen MR) is 53.9 cm³/mol. The van der Waals surface area contributed by atoms with Gasteiger partial charge in [-0.05, 0) is 24.6 Å². The fourth-order valence-corrected chi connectivity index (χ4v) is 1.33. The van der Waals surface area contributed by atoms with Crippen molar-refractivity contribution >= 4 is 5.69 Å². The van der Waals surface area contributed by atoms with Gasteiger partial charge in [0.1, 0.15) is 0 Å². The minimum absolute atomic E-state index is 0.192. The first-order valence-electron chi connectivity index (χ1n) is 4.66. The summed E-state index contributed by atoms with van der Waals surface area (Å²) in [5, 5.41) is 2.88. The van der Waals surface area contributed by atoms with Gasteiger partial charge in [-0.1, -0.05) is 11.2 Å². The van der Waals surface area contributed by atoms with Crippen molar-refractivity contribution in [3.63, 3.8) is 0 Å². The molecule has 2 N–H and O–H groups in total. The Kier molecular flexibility index (Phi) is 2.53. The molecule has 1 aromatic carbocycles. The number of rotatable bonds is 1. The highest BCUT2D eigenvalue weighted by Gasteiger charge is 2.37. The molecule has 90 valence electrons. The predicted octanol–water partition coefficient (Wildman–Crippen LogP) is 2.65. The molecule has 7 heteroatoms. The average molecular weight is 243 g/mol. The van der Waals surface area contributed by atoms with E-state index in [-0.39, 0.29) is 5.89 Å². The molecule has 0 amide bonds. The van der Waals surface area contributed by atoms with Crippen molar-refractivity contribution in [1.82, 2.24) is 10.1 Å². The van der Waals surface area contributed by atoms with Gasteiger partial charge in [0.05, 0.1) is 0 Å². The molecule has 2 rings (SSSR count). The molecular weight excluding hydrogens is 235 g/mol. The monoisotopic (exact) mass is 243 g/mol. The van der Waals surface area contributed by atoms with E-state index in [1.54, 1.807) is 25.1 Å². The Hall–Kier alpha value is -2.05. The Balaban J connectivity index is 2.48. The molecule has 0 unspecified atom stereocenters. The van der Waals surface area contributed by atoms with Crippen LogP contribution in [0.15, 0.2) is 22.7 Å². The molecule has 0 radical (unpaired) electrons. The highest BCUT2D eigenvalue weighted by molar-refractivity contribution is 5.66. The van der Waals surface area contributed by atoms with Gasteiger partial charge in [-0.25, -0.2) is 0 Å². The number of nitrogens with zero attached hydrogens (tertiary/aromatic N) is 2. The maximum Gasteiger partial charge on any atom is 0.455 e. The molecule has 2 aromatic rings. The molecule has 0 atom stereocenters. The fraction of sp³-hybridized carbons (Fsp3) is 0.200. The van der Waals surface area contributed by atoms with E-state index >= 15 is 0 Å². The van der Waals surface area contributed by atoms with Gasteiger partial charge in [-0.2, -0.15) is 18.2 Å². The number of hydrogen-bond acceptors (Lipinski definition) is 4. The lowest BCUT2D eigenvalue weighted by atomic mass is 10.1. The topological polar surface area (TPSA) is 64.9 Å². The van der Waals surface area contributed by atoms with E-state index in [1.165, 1.54) is 0 Å². The zero-order valence-electron chi connectivity index (χ0n) is 8.75. The zero-order chi connectivity index (χ0) is 12.6. The van der Waals surface area contributed by atoms with Crippen LogP contribution in [0.2, 0.25) is 0 Å². The van der Waals surface area contributed by atoms with Crippen LogP contribution >= 0.6 is 0 Å². The van der Waals surface area contributed by atoms with Crippen LogP contribution < -0.4 is 5.73 Å². The molecule has 0 saturated carbocycles. The van der Waals surface area contributed by atoms with Crippen LogP contribution in [0, 0.1) is 6.92 Å². The van der Waals surface area contributed by atoms with E-state index in [1.807, 2.05) is 0 Å². The summed E-state index contributed by atoms with van der Waals surface area (Å²) in [5.41, 5.74) is 7.09. The van der Waals surface area contributed by atoms with Crippen LogP contribution in [-0.4, -0.2) is 10.1 Å². The second-order valence-corrected chi connectivity index (χ2v) is 3.44. The van der Waals surface area contributed by atoms with E-state index in [0.29, 0.717) is 16.8 Å². The standard InChI is InChI=1S/C10H8F3N3O/c1-5-6(3-2-4-7(5)14)8-15-9(16-17-8)10(11,12)13/h2-4H,14H2,1H3. The zero-order valence-corrected chi connectivity index (χ0v) is 8.75. The lowest BCUT2D eigenvalue weighted by Gasteiger charge is -2.03. The summed E-state index contributed by atoms with van der Waals surface area (Å²) in [6, 6.07) is 4.81. The SMILES string of the molecule is Cc1c(N)cccc1-c1nc(C(F)(F)F)no1. The van der Waals surface area contributed by atoms with Crippen molar-refractivity contribution in [2.45, 2.75) is 13.1 Å². The number of aromatic nitrogens is 2. The first kappa shape index (κ1) is 11.4. The molecule has 4 nitrogen and oxygen atoms in total. The van der Waals surface area contributed by atoms with Crippen molar-refractivity contribution < 1.29 is 17.7 Å². The van der Waals surface area contributed by atoms with Crippen LogP contribution in [0.5, 0.6) is 0 Å². The molecule has 0 aliphatic heterocycles. The Morgan fingerprint density at radius 2 is 2.00 bits per heavy atom. The highest BCUT2D eigenvalue weighted by atomic mass is 19.4. The lowest BCUT2D eigenvalue weighted by molar-refractivity contribution is -0.146. The second kappa shape index (κ2) is 3.76. The molecular formula is C10H8F3N3O. The Morgan fingerprint density at radius 1 is 1.29 bits per heavy atom. The van der Waals surface area contributed by atoms with Gasteiger partial charge < -0.3 is 10.3 Å². The molecule has 1 heterocycles. The van der Waals surface area contributed by atoms with Crippen molar-refractivity contribution in [2.75, 3.05) is 5.73 Å². The molecule has 0 spiro atoms. The van der Waals surface area contributed by atoms with Crippen molar-refractivity contribution in [2.24, 2.45) is 0 Å². The van der Waals surface area contributed by atoms with Crippen molar-refractivity contribution in [1.29, 1.82) is 0 Å². The summed E-state index contributed by atoms with van der Waals surface area (Å²) < 4.78 is 41.4. The minimum atomic E-state index is -4.62. The van der Waals surface area contributed by atoms with Crippen molar-refractivity contribution in [3.05, 3.63) is 29.6 Å². The quantitative estimate of drug-likeness (QED) is 0.782. The molecule has 0 aliphatic rings.